The van der Waals surface area contributed by atoms with E-state index in [1.807, 2.05) is 0 Å². The van der Waals surface area contributed by atoms with Crippen LogP contribution in [0, 0.1) is 10.1 Å². The second-order valence-corrected chi connectivity index (χ2v) is 4.79. The molecule has 0 saturated heterocycles. The lowest BCUT2D eigenvalue weighted by atomic mass is 10.1. The van der Waals surface area contributed by atoms with Crippen LogP contribution in [0.5, 0.6) is 5.88 Å². The summed E-state index contributed by atoms with van der Waals surface area (Å²) in [5, 5.41) is 24.2. The molecule has 2 N–H and O–H groups in total. The average Bonchev–Trinajstić information content (AvgIpc) is 2.63. The van der Waals surface area contributed by atoms with Crippen molar-refractivity contribution in [2.45, 2.75) is 44.2 Å². The molecule has 8 heteroatoms. The molecule has 110 valence electrons. The summed E-state index contributed by atoms with van der Waals surface area (Å²) in [7, 11) is 1.32. The van der Waals surface area contributed by atoms with Crippen LogP contribution in [0.3, 0.4) is 0 Å². The number of aliphatic hydroxyl groups is 1. The Hall–Kier alpha value is -1.96. The van der Waals surface area contributed by atoms with Crippen LogP contribution in [-0.2, 0) is 0 Å². The lowest BCUT2D eigenvalue weighted by Gasteiger charge is -2.22. The number of aliphatic hydroxyl groups excluding tert-OH is 1. The highest BCUT2D eigenvalue weighted by Gasteiger charge is 2.28. The van der Waals surface area contributed by atoms with Crippen LogP contribution in [-0.4, -0.2) is 39.3 Å². The number of nitrogens with one attached hydrogen (secondary N) is 1. The van der Waals surface area contributed by atoms with Crippen LogP contribution in [0.4, 0.5) is 11.5 Å². The number of anilines is 1. The zero-order valence-electron chi connectivity index (χ0n) is 11.3. The Labute approximate surface area is 116 Å². The Bertz CT molecular complexity index is 483. The molecule has 20 heavy (non-hydrogen) atoms. The highest BCUT2D eigenvalue weighted by Crippen LogP contribution is 2.32. The van der Waals surface area contributed by atoms with Gasteiger partial charge in [0.15, 0.2) is 0 Å². The maximum atomic E-state index is 11.1. The summed E-state index contributed by atoms with van der Waals surface area (Å²) in [6.07, 6.45) is 5.12. The summed E-state index contributed by atoms with van der Waals surface area (Å²) in [5.74, 6) is 0.00316. The van der Waals surface area contributed by atoms with Crippen LogP contribution in [0.25, 0.3) is 0 Å². The van der Waals surface area contributed by atoms with Crippen molar-refractivity contribution in [2.24, 2.45) is 0 Å². The van der Waals surface area contributed by atoms with E-state index in [0.29, 0.717) is 6.42 Å². The van der Waals surface area contributed by atoms with E-state index in [9.17, 15) is 15.2 Å². The largest absolute Gasteiger partial charge is 0.476 e. The maximum Gasteiger partial charge on any atom is 0.372 e. The fourth-order valence-electron chi connectivity index (χ4n) is 2.41. The molecule has 2 unspecified atom stereocenters. The van der Waals surface area contributed by atoms with Gasteiger partial charge in [0.25, 0.3) is 5.88 Å². The standard InChI is InChI=1S/C12H18N4O4/c1-20-12-10(16(18)19)11(13-7-14-12)15-8-5-3-2-4-6-9(8)17/h7-9,17H,2-6H2,1H3,(H,13,14,15). The molecule has 0 aliphatic heterocycles. The first-order valence-electron chi connectivity index (χ1n) is 6.61. The van der Waals surface area contributed by atoms with Crippen molar-refractivity contribution < 1.29 is 14.8 Å². The van der Waals surface area contributed by atoms with Crippen molar-refractivity contribution in [1.29, 1.82) is 0 Å². The van der Waals surface area contributed by atoms with E-state index < -0.39 is 11.0 Å². The van der Waals surface area contributed by atoms with Gasteiger partial charge in [0.2, 0.25) is 5.82 Å². The first-order valence-corrected chi connectivity index (χ1v) is 6.61. The molecule has 1 aliphatic carbocycles. The molecule has 1 aliphatic rings. The van der Waals surface area contributed by atoms with Crippen molar-refractivity contribution in [3.63, 3.8) is 0 Å². The molecular weight excluding hydrogens is 264 g/mol. The zero-order chi connectivity index (χ0) is 14.5. The van der Waals surface area contributed by atoms with Gasteiger partial charge in [-0.15, -0.1) is 0 Å². The first-order chi connectivity index (χ1) is 9.63. The smallest absolute Gasteiger partial charge is 0.372 e. The van der Waals surface area contributed by atoms with Crippen LogP contribution in [0.15, 0.2) is 6.33 Å². The van der Waals surface area contributed by atoms with E-state index in [1.165, 1.54) is 13.4 Å². The van der Waals surface area contributed by atoms with Crippen LogP contribution < -0.4 is 10.1 Å². The third kappa shape index (κ3) is 3.13. The maximum absolute atomic E-state index is 11.1. The fraction of sp³-hybridized carbons (Fsp3) is 0.667. The Morgan fingerprint density at radius 3 is 2.85 bits per heavy atom. The second kappa shape index (κ2) is 6.47. The number of hydrogen-bond acceptors (Lipinski definition) is 7. The Morgan fingerprint density at radius 1 is 1.40 bits per heavy atom. The van der Waals surface area contributed by atoms with Crippen molar-refractivity contribution in [3.8, 4) is 5.88 Å². The Kier molecular flexibility index (Phi) is 4.67. The van der Waals surface area contributed by atoms with E-state index in [1.54, 1.807) is 0 Å². The summed E-state index contributed by atoms with van der Waals surface area (Å²) < 4.78 is 4.89. The van der Waals surface area contributed by atoms with E-state index in [0.717, 1.165) is 25.7 Å². The summed E-state index contributed by atoms with van der Waals surface area (Å²) in [4.78, 5) is 18.2. The summed E-state index contributed by atoms with van der Waals surface area (Å²) >= 11 is 0. The number of ether oxygens (including phenoxy) is 1. The average molecular weight is 282 g/mol. The van der Waals surface area contributed by atoms with Crippen molar-refractivity contribution in [1.82, 2.24) is 9.97 Å². The number of aromatic nitrogens is 2. The molecular formula is C12H18N4O4. The molecule has 0 spiro atoms. The Balaban J connectivity index is 2.25. The number of nitro groups is 1. The number of nitrogens with zero attached hydrogens (tertiary/aromatic N) is 3. The monoisotopic (exact) mass is 282 g/mol. The minimum atomic E-state index is -0.579. The highest BCUT2D eigenvalue weighted by atomic mass is 16.6. The van der Waals surface area contributed by atoms with Gasteiger partial charge in [-0.1, -0.05) is 19.3 Å². The van der Waals surface area contributed by atoms with E-state index >= 15 is 0 Å². The molecule has 1 fully saturated rings. The van der Waals surface area contributed by atoms with Gasteiger partial charge < -0.3 is 15.2 Å². The molecule has 1 aromatic heterocycles. The molecule has 1 aromatic rings. The van der Waals surface area contributed by atoms with Gasteiger partial charge in [-0.3, -0.25) is 10.1 Å². The summed E-state index contributed by atoms with van der Waals surface area (Å²) in [6.45, 7) is 0. The number of methoxy groups -OCH3 is 1. The molecule has 0 radical (unpaired) electrons. The molecule has 1 saturated carbocycles. The lowest BCUT2D eigenvalue weighted by molar-refractivity contribution is -0.385. The van der Waals surface area contributed by atoms with Gasteiger partial charge in [-0.25, -0.2) is 4.98 Å². The number of hydrogen-bond donors (Lipinski definition) is 2. The van der Waals surface area contributed by atoms with Crippen LogP contribution >= 0.6 is 0 Å². The van der Waals surface area contributed by atoms with Crippen molar-refractivity contribution in [3.05, 3.63) is 16.4 Å². The van der Waals surface area contributed by atoms with Crippen molar-refractivity contribution in [2.75, 3.05) is 12.4 Å². The second-order valence-electron chi connectivity index (χ2n) is 4.79. The molecule has 0 amide bonds. The zero-order valence-corrected chi connectivity index (χ0v) is 11.3. The molecule has 2 atom stereocenters. The molecule has 0 bridgehead atoms. The predicted octanol–water partition coefficient (Wildman–Crippen LogP) is 1.50. The summed E-state index contributed by atoms with van der Waals surface area (Å²) in [5.41, 5.74) is -0.300. The van der Waals surface area contributed by atoms with E-state index in [2.05, 4.69) is 15.3 Å². The predicted molar refractivity (Wildman–Crippen MR) is 71.7 cm³/mol. The van der Waals surface area contributed by atoms with Gasteiger partial charge in [-0.05, 0) is 12.8 Å². The van der Waals surface area contributed by atoms with Crippen molar-refractivity contribution >= 4 is 11.5 Å². The van der Waals surface area contributed by atoms with Gasteiger partial charge in [0.1, 0.15) is 6.33 Å². The Morgan fingerprint density at radius 2 is 2.15 bits per heavy atom. The van der Waals surface area contributed by atoms with Crippen LogP contribution in [0.2, 0.25) is 0 Å². The van der Waals surface area contributed by atoms with Gasteiger partial charge >= 0.3 is 5.69 Å². The normalized spacial score (nSPS) is 22.9. The third-order valence-electron chi connectivity index (χ3n) is 3.47. The number of rotatable bonds is 4. The van der Waals surface area contributed by atoms with E-state index in [4.69, 9.17) is 4.74 Å². The third-order valence-corrected chi connectivity index (χ3v) is 3.47. The lowest BCUT2D eigenvalue weighted by Crippen LogP contribution is -2.33. The van der Waals surface area contributed by atoms with Gasteiger partial charge in [0, 0.05) is 0 Å². The molecule has 1 heterocycles. The fourth-order valence-corrected chi connectivity index (χ4v) is 2.41. The quantitative estimate of drug-likeness (QED) is 0.489. The van der Waals surface area contributed by atoms with Gasteiger partial charge in [-0.2, -0.15) is 4.98 Å². The minimum Gasteiger partial charge on any atom is -0.476 e. The topological polar surface area (TPSA) is 110 Å². The molecule has 8 nitrogen and oxygen atoms in total. The molecule has 0 aromatic carbocycles. The van der Waals surface area contributed by atoms with E-state index in [-0.39, 0.29) is 23.4 Å². The SMILES string of the molecule is COc1ncnc(NC2CCCCCC2O)c1[N+](=O)[O-]. The summed E-state index contributed by atoms with van der Waals surface area (Å²) in [6, 6.07) is -0.240. The highest BCUT2D eigenvalue weighted by molar-refractivity contribution is 5.61. The van der Waals surface area contributed by atoms with Gasteiger partial charge in [0.05, 0.1) is 24.2 Å². The first kappa shape index (κ1) is 14.4. The minimum absolute atomic E-state index is 0.0874. The molecule has 2 rings (SSSR count). The van der Waals surface area contributed by atoms with Crippen LogP contribution in [0.1, 0.15) is 32.1 Å².